The summed E-state index contributed by atoms with van der Waals surface area (Å²) in [6, 6.07) is 9.12. The van der Waals surface area contributed by atoms with Crippen LogP contribution in [0.15, 0.2) is 30.3 Å². The van der Waals surface area contributed by atoms with E-state index in [4.69, 9.17) is 5.73 Å². The second kappa shape index (κ2) is 7.13. The number of carbonyl (C=O) groups excluding carboxylic acids is 1. The van der Waals surface area contributed by atoms with Gasteiger partial charge in [0.15, 0.2) is 0 Å². The summed E-state index contributed by atoms with van der Waals surface area (Å²) in [6.45, 7) is 4.18. The van der Waals surface area contributed by atoms with Crippen molar-refractivity contribution in [2.24, 2.45) is 11.7 Å². The van der Waals surface area contributed by atoms with Crippen LogP contribution in [0.5, 0.6) is 0 Å². The number of nitrogens with two attached hydrogens (primary N) is 1. The fourth-order valence-electron chi connectivity index (χ4n) is 1.53. The van der Waals surface area contributed by atoms with Crippen molar-refractivity contribution in [2.75, 3.05) is 6.54 Å². The summed E-state index contributed by atoms with van der Waals surface area (Å²) in [6.07, 6.45) is -0.385. The van der Waals surface area contributed by atoms with Gasteiger partial charge in [-0.15, -0.1) is 0 Å². The lowest BCUT2D eigenvalue weighted by molar-refractivity contribution is -0.122. The lowest BCUT2D eigenvalue weighted by Crippen LogP contribution is -2.36. The van der Waals surface area contributed by atoms with Crippen LogP contribution >= 0.6 is 0 Å². The van der Waals surface area contributed by atoms with Crippen LogP contribution in [0.2, 0.25) is 0 Å². The van der Waals surface area contributed by atoms with Crippen molar-refractivity contribution in [3.05, 3.63) is 35.9 Å². The maximum absolute atomic E-state index is 11.6. The second-order valence-electron chi connectivity index (χ2n) is 4.84. The van der Waals surface area contributed by atoms with Gasteiger partial charge in [-0.3, -0.25) is 4.79 Å². The number of aliphatic hydroxyl groups is 1. The van der Waals surface area contributed by atoms with Crippen molar-refractivity contribution in [3.8, 4) is 0 Å². The Labute approximate surface area is 108 Å². The molecule has 0 fully saturated rings. The Morgan fingerprint density at radius 2 is 1.94 bits per heavy atom. The van der Waals surface area contributed by atoms with Crippen LogP contribution < -0.4 is 11.1 Å². The molecule has 0 saturated heterocycles. The fraction of sp³-hybridized carbons (Fsp3) is 0.500. The number of aliphatic hydroxyl groups excluding tert-OH is 1. The van der Waals surface area contributed by atoms with E-state index in [0.717, 1.165) is 5.56 Å². The molecular formula is C14H22N2O2. The predicted molar refractivity (Wildman–Crippen MR) is 71.8 cm³/mol. The molecule has 0 heterocycles. The van der Waals surface area contributed by atoms with Crippen LogP contribution in [0, 0.1) is 5.92 Å². The first-order chi connectivity index (χ1) is 8.50. The SMILES string of the molecule is CC(C)C(N)CC(=O)NCC(O)c1ccccc1. The molecule has 4 nitrogen and oxygen atoms in total. The van der Waals surface area contributed by atoms with Crippen molar-refractivity contribution < 1.29 is 9.90 Å². The van der Waals surface area contributed by atoms with Gasteiger partial charge in [-0.05, 0) is 11.5 Å². The first-order valence-electron chi connectivity index (χ1n) is 6.26. The summed E-state index contributed by atoms with van der Waals surface area (Å²) in [5, 5.41) is 12.6. The zero-order valence-electron chi connectivity index (χ0n) is 11.0. The van der Waals surface area contributed by atoms with Crippen molar-refractivity contribution in [3.63, 3.8) is 0 Å². The smallest absolute Gasteiger partial charge is 0.221 e. The van der Waals surface area contributed by atoms with Gasteiger partial charge in [0, 0.05) is 19.0 Å². The van der Waals surface area contributed by atoms with E-state index < -0.39 is 6.10 Å². The fourth-order valence-corrected chi connectivity index (χ4v) is 1.53. The maximum Gasteiger partial charge on any atom is 0.221 e. The molecule has 0 bridgehead atoms. The zero-order chi connectivity index (χ0) is 13.5. The van der Waals surface area contributed by atoms with Gasteiger partial charge in [0.05, 0.1) is 6.10 Å². The number of hydrogen-bond donors (Lipinski definition) is 3. The molecule has 1 amide bonds. The highest BCUT2D eigenvalue weighted by Crippen LogP contribution is 2.10. The molecule has 100 valence electrons. The van der Waals surface area contributed by atoms with Gasteiger partial charge in [0.25, 0.3) is 0 Å². The molecule has 0 aliphatic heterocycles. The molecule has 1 aromatic rings. The van der Waals surface area contributed by atoms with E-state index in [0.29, 0.717) is 6.42 Å². The molecule has 1 rings (SSSR count). The Balaban J connectivity index is 2.35. The summed E-state index contributed by atoms with van der Waals surface area (Å²) >= 11 is 0. The molecule has 4 heteroatoms. The van der Waals surface area contributed by atoms with E-state index in [-0.39, 0.29) is 24.4 Å². The number of hydrogen-bond acceptors (Lipinski definition) is 3. The largest absolute Gasteiger partial charge is 0.387 e. The molecule has 4 N–H and O–H groups in total. The van der Waals surface area contributed by atoms with Crippen LogP contribution in [0.1, 0.15) is 31.9 Å². The van der Waals surface area contributed by atoms with Gasteiger partial charge in [-0.25, -0.2) is 0 Å². The van der Waals surface area contributed by atoms with Gasteiger partial charge < -0.3 is 16.2 Å². The van der Waals surface area contributed by atoms with Crippen molar-refractivity contribution in [1.29, 1.82) is 0 Å². The molecule has 2 atom stereocenters. The monoisotopic (exact) mass is 250 g/mol. The Kier molecular flexibility index (Phi) is 5.82. The Morgan fingerprint density at radius 3 is 2.50 bits per heavy atom. The number of rotatable bonds is 6. The normalized spacial score (nSPS) is 14.3. The highest BCUT2D eigenvalue weighted by atomic mass is 16.3. The van der Waals surface area contributed by atoms with Gasteiger partial charge in [0.1, 0.15) is 0 Å². The minimum absolute atomic E-state index is 0.119. The lowest BCUT2D eigenvalue weighted by Gasteiger charge is -2.16. The Hall–Kier alpha value is -1.39. The van der Waals surface area contributed by atoms with Crippen LogP contribution in [0.4, 0.5) is 0 Å². The van der Waals surface area contributed by atoms with Gasteiger partial charge in [-0.2, -0.15) is 0 Å². The second-order valence-corrected chi connectivity index (χ2v) is 4.84. The van der Waals surface area contributed by atoms with E-state index >= 15 is 0 Å². The lowest BCUT2D eigenvalue weighted by atomic mass is 10.0. The third-order valence-corrected chi connectivity index (χ3v) is 2.95. The summed E-state index contributed by atoms with van der Waals surface area (Å²) in [7, 11) is 0. The molecule has 0 aromatic heterocycles. The highest BCUT2D eigenvalue weighted by Gasteiger charge is 2.14. The first-order valence-corrected chi connectivity index (χ1v) is 6.26. The van der Waals surface area contributed by atoms with Crippen LogP contribution in [0.25, 0.3) is 0 Å². The molecule has 1 aromatic carbocycles. The first kappa shape index (κ1) is 14.7. The van der Waals surface area contributed by atoms with Crippen LogP contribution in [0.3, 0.4) is 0 Å². The number of benzene rings is 1. The standard InChI is InChI=1S/C14H22N2O2/c1-10(2)12(15)8-14(18)16-9-13(17)11-6-4-3-5-7-11/h3-7,10,12-13,17H,8-9,15H2,1-2H3,(H,16,18). The minimum atomic E-state index is -0.676. The maximum atomic E-state index is 11.6. The molecule has 0 saturated carbocycles. The third kappa shape index (κ3) is 4.85. The van der Waals surface area contributed by atoms with Crippen molar-refractivity contribution in [2.45, 2.75) is 32.4 Å². The summed E-state index contributed by atoms with van der Waals surface area (Å²) in [5.74, 6) is 0.154. The zero-order valence-corrected chi connectivity index (χ0v) is 11.0. The number of amides is 1. The van der Waals surface area contributed by atoms with Crippen molar-refractivity contribution in [1.82, 2.24) is 5.32 Å². The van der Waals surface area contributed by atoms with E-state index in [9.17, 15) is 9.90 Å². The molecule has 0 spiro atoms. The van der Waals surface area contributed by atoms with Crippen LogP contribution in [-0.4, -0.2) is 23.6 Å². The quantitative estimate of drug-likeness (QED) is 0.710. The predicted octanol–water partition coefficient (Wildman–Crippen LogP) is 1.21. The van der Waals surface area contributed by atoms with E-state index in [1.165, 1.54) is 0 Å². The molecule has 0 aliphatic carbocycles. The molecule has 2 unspecified atom stereocenters. The summed E-state index contributed by atoms with van der Waals surface area (Å²) in [5.41, 5.74) is 6.61. The topological polar surface area (TPSA) is 75.4 Å². The highest BCUT2D eigenvalue weighted by molar-refractivity contribution is 5.76. The minimum Gasteiger partial charge on any atom is -0.387 e. The molecule has 0 radical (unpaired) electrons. The van der Waals surface area contributed by atoms with E-state index in [2.05, 4.69) is 5.32 Å². The average Bonchev–Trinajstić information content (AvgIpc) is 2.36. The molecule has 0 aliphatic rings. The van der Waals surface area contributed by atoms with Crippen LogP contribution in [-0.2, 0) is 4.79 Å². The molecular weight excluding hydrogens is 228 g/mol. The summed E-state index contributed by atoms with van der Waals surface area (Å²) < 4.78 is 0. The Morgan fingerprint density at radius 1 is 1.33 bits per heavy atom. The van der Waals surface area contributed by atoms with Gasteiger partial charge in [-0.1, -0.05) is 44.2 Å². The van der Waals surface area contributed by atoms with E-state index in [1.807, 2.05) is 44.2 Å². The average molecular weight is 250 g/mol. The third-order valence-electron chi connectivity index (χ3n) is 2.95. The van der Waals surface area contributed by atoms with Gasteiger partial charge in [0.2, 0.25) is 5.91 Å². The molecule has 18 heavy (non-hydrogen) atoms. The summed E-state index contributed by atoms with van der Waals surface area (Å²) in [4.78, 5) is 11.6. The van der Waals surface area contributed by atoms with Gasteiger partial charge >= 0.3 is 0 Å². The van der Waals surface area contributed by atoms with Crippen molar-refractivity contribution >= 4 is 5.91 Å². The number of carbonyl (C=O) groups is 1. The van der Waals surface area contributed by atoms with E-state index in [1.54, 1.807) is 0 Å². The number of nitrogens with one attached hydrogen (secondary N) is 1. The Bertz CT molecular complexity index is 365.